The first-order chi connectivity index (χ1) is 6.64. The van der Waals surface area contributed by atoms with E-state index in [-0.39, 0.29) is 0 Å². The molecule has 0 aliphatic heterocycles. The predicted molar refractivity (Wildman–Crippen MR) is 57.4 cm³/mol. The number of rotatable bonds is 3. The van der Waals surface area contributed by atoms with Gasteiger partial charge in [-0.2, -0.15) is 0 Å². The van der Waals surface area contributed by atoms with Crippen LogP contribution in [-0.2, 0) is 6.42 Å². The van der Waals surface area contributed by atoms with Crippen molar-refractivity contribution in [2.24, 2.45) is 11.1 Å². The minimum absolute atomic E-state index is 0.342. The smallest absolute Gasteiger partial charge is 0.118 e. The van der Waals surface area contributed by atoms with Crippen molar-refractivity contribution in [2.75, 3.05) is 7.11 Å². The van der Waals surface area contributed by atoms with Gasteiger partial charge in [0.2, 0.25) is 0 Å². The van der Waals surface area contributed by atoms with Crippen LogP contribution in [0.3, 0.4) is 0 Å². The van der Waals surface area contributed by atoms with E-state index in [1.807, 2.05) is 12.1 Å². The number of hydrogen-bond acceptors (Lipinski definition) is 2. The SMILES string of the molecule is COc1ccc(C[C@]2(C)C[C@@H]2N)cc1. The Balaban J connectivity index is 2.04. The molecule has 2 heteroatoms. The molecular weight excluding hydrogens is 174 g/mol. The standard InChI is InChI=1S/C12H17NO/c1-12(8-11(12)13)7-9-3-5-10(14-2)6-4-9/h3-6,11H,7-8,13H2,1-2H3/t11-,12+/m0/s1. The monoisotopic (exact) mass is 191 g/mol. The first-order valence-electron chi connectivity index (χ1n) is 5.02. The molecule has 1 aromatic carbocycles. The fourth-order valence-corrected chi connectivity index (χ4v) is 1.86. The van der Waals surface area contributed by atoms with Crippen molar-refractivity contribution < 1.29 is 4.74 Å². The highest BCUT2D eigenvalue weighted by atomic mass is 16.5. The number of methoxy groups -OCH3 is 1. The highest BCUT2D eigenvalue weighted by molar-refractivity contribution is 5.29. The van der Waals surface area contributed by atoms with E-state index in [2.05, 4.69) is 19.1 Å². The first kappa shape index (κ1) is 9.53. The predicted octanol–water partition coefficient (Wildman–Crippen LogP) is 1.97. The first-order valence-corrected chi connectivity index (χ1v) is 5.02. The van der Waals surface area contributed by atoms with Gasteiger partial charge in [-0.05, 0) is 36.0 Å². The van der Waals surface area contributed by atoms with E-state index in [9.17, 15) is 0 Å². The van der Waals surface area contributed by atoms with Gasteiger partial charge in [-0.15, -0.1) is 0 Å². The minimum atomic E-state index is 0.342. The summed E-state index contributed by atoms with van der Waals surface area (Å²) in [4.78, 5) is 0. The Labute approximate surface area is 85.1 Å². The summed E-state index contributed by atoms with van der Waals surface area (Å²) in [6.07, 6.45) is 2.23. The zero-order valence-electron chi connectivity index (χ0n) is 8.79. The van der Waals surface area contributed by atoms with Gasteiger partial charge in [-0.3, -0.25) is 0 Å². The highest BCUT2D eigenvalue weighted by Gasteiger charge is 2.46. The molecule has 2 N–H and O–H groups in total. The Morgan fingerprint density at radius 1 is 1.43 bits per heavy atom. The van der Waals surface area contributed by atoms with Gasteiger partial charge in [0, 0.05) is 6.04 Å². The molecule has 1 aliphatic carbocycles. The molecule has 2 nitrogen and oxygen atoms in total. The van der Waals surface area contributed by atoms with Gasteiger partial charge in [0.25, 0.3) is 0 Å². The molecule has 1 aromatic rings. The van der Waals surface area contributed by atoms with E-state index in [4.69, 9.17) is 10.5 Å². The summed E-state index contributed by atoms with van der Waals surface area (Å²) in [5.74, 6) is 0.916. The molecule has 0 unspecified atom stereocenters. The molecule has 76 valence electrons. The molecule has 14 heavy (non-hydrogen) atoms. The Kier molecular flexibility index (Phi) is 2.23. The number of benzene rings is 1. The second-order valence-corrected chi connectivity index (χ2v) is 4.49. The molecule has 0 saturated heterocycles. The van der Waals surface area contributed by atoms with Crippen molar-refractivity contribution in [3.8, 4) is 5.75 Å². The molecule has 1 saturated carbocycles. The summed E-state index contributed by atoms with van der Waals surface area (Å²) in [7, 11) is 1.69. The van der Waals surface area contributed by atoms with Crippen LogP contribution in [0.15, 0.2) is 24.3 Å². The lowest BCUT2D eigenvalue weighted by atomic mass is 9.98. The van der Waals surface area contributed by atoms with Crippen LogP contribution in [0.25, 0.3) is 0 Å². The zero-order chi connectivity index (χ0) is 10.2. The highest BCUT2D eigenvalue weighted by Crippen LogP contribution is 2.46. The van der Waals surface area contributed by atoms with Gasteiger partial charge in [-0.25, -0.2) is 0 Å². The van der Waals surface area contributed by atoms with E-state index in [0.717, 1.165) is 18.6 Å². The fraction of sp³-hybridized carbons (Fsp3) is 0.500. The van der Waals surface area contributed by atoms with Gasteiger partial charge in [-0.1, -0.05) is 19.1 Å². The zero-order valence-corrected chi connectivity index (χ0v) is 8.79. The van der Waals surface area contributed by atoms with Gasteiger partial charge >= 0.3 is 0 Å². The molecule has 1 fully saturated rings. The molecule has 0 bridgehead atoms. The van der Waals surface area contributed by atoms with Crippen LogP contribution in [0, 0.1) is 5.41 Å². The maximum absolute atomic E-state index is 5.88. The van der Waals surface area contributed by atoms with Gasteiger partial charge in [0.05, 0.1) is 7.11 Å². The maximum Gasteiger partial charge on any atom is 0.118 e. The van der Waals surface area contributed by atoms with Crippen molar-refractivity contribution in [3.05, 3.63) is 29.8 Å². The molecule has 0 spiro atoms. The second-order valence-electron chi connectivity index (χ2n) is 4.49. The van der Waals surface area contributed by atoms with E-state index in [1.54, 1.807) is 7.11 Å². The van der Waals surface area contributed by atoms with Crippen LogP contribution in [0.2, 0.25) is 0 Å². The van der Waals surface area contributed by atoms with Crippen LogP contribution >= 0.6 is 0 Å². The number of ether oxygens (including phenoxy) is 1. The van der Waals surface area contributed by atoms with E-state index < -0.39 is 0 Å². The molecule has 2 rings (SSSR count). The lowest BCUT2D eigenvalue weighted by molar-refractivity contribution is 0.414. The largest absolute Gasteiger partial charge is 0.497 e. The normalized spacial score (nSPS) is 30.1. The van der Waals surface area contributed by atoms with Crippen molar-refractivity contribution in [3.63, 3.8) is 0 Å². The van der Waals surface area contributed by atoms with E-state index >= 15 is 0 Å². The quantitative estimate of drug-likeness (QED) is 0.792. The fourth-order valence-electron chi connectivity index (χ4n) is 1.86. The van der Waals surface area contributed by atoms with Gasteiger partial charge in [0.1, 0.15) is 5.75 Å². The molecule has 0 aromatic heterocycles. The summed E-state index contributed by atoms with van der Waals surface area (Å²) in [6, 6.07) is 8.65. The molecular formula is C12H17NO. The Bertz CT molecular complexity index is 320. The topological polar surface area (TPSA) is 35.2 Å². The molecule has 0 amide bonds. The Hall–Kier alpha value is -1.02. The summed E-state index contributed by atoms with van der Waals surface area (Å²) >= 11 is 0. The number of hydrogen-bond donors (Lipinski definition) is 1. The minimum Gasteiger partial charge on any atom is -0.497 e. The van der Waals surface area contributed by atoms with Crippen LogP contribution in [0.1, 0.15) is 18.9 Å². The summed E-state index contributed by atoms with van der Waals surface area (Å²) in [5.41, 5.74) is 7.57. The summed E-state index contributed by atoms with van der Waals surface area (Å²) < 4.78 is 5.11. The molecule has 0 heterocycles. The van der Waals surface area contributed by atoms with Crippen molar-refractivity contribution in [1.29, 1.82) is 0 Å². The number of nitrogens with two attached hydrogens (primary N) is 1. The molecule has 0 radical (unpaired) electrons. The Morgan fingerprint density at radius 3 is 2.43 bits per heavy atom. The maximum atomic E-state index is 5.88. The van der Waals surface area contributed by atoms with E-state index in [1.165, 1.54) is 5.56 Å². The van der Waals surface area contributed by atoms with Gasteiger partial charge < -0.3 is 10.5 Å². The second kappa shape index (κ2) is 3.28. The lowest BCUT2D eigenvalue weighted by Gasteiger charge is -2.09. The molecule has 2 atom stereocenters. The van der Waals surface area contributed by atoms with Crippen molar-refractivity contribution in [2.45, 2.75) is 25.8 Å². The van der Waals surface area contributed by atoms with Crippen LogP contribution in [0.4, 0.5) is 0 Å². The van der Waals surface area contributed by atoms with Crippen LogP contribution in [0.5, 0.6) is 5.75 Å². The van der Waals surface area contributed by atoms with Crippen LogP contribution < -0.4 is 10.5 Å². The molecule has 1 aliphatic rings. The average Bonchev–Trinajstić information content (AvgIpc) is 2.75. The summed E-state index contributed by atoms with van der Waals surface area (Å²) in [6.45, 7) is 2.25. The lowest BCUT2D eigenvalue weighted by Crippen LogP contribution is -2.12. The average molecular weight is 191 g/mol. The third-order valence-electron chi connectivity index (χ3n) is 3.19. The third-order valence-corrected chi connectivity index (χ3v) is 3.19. The third kappa shape index (κ3) is 1.75. The van der Waals surface area contributed by atoms with E-state index in [0.29, 0.717) is 11.5 Å². The van der Waals surface area contributed by atoms with Crippen molar-refractivity contribution in [1.82, 2.24) is 0 Å². The van der Waals surface area contributed by atoms with Gasteiger partial charge in [0.15, 0.2) is 0 Å². The Morgan fingerprint density at radius 2 is 2.00 bits per heavy atom. The van der Waals surface area contributed by atoms with Crippen molar-refractivity contribution >= 4 is 0 Å². The summed E-state index contributed by atoms with van der Waals surface area (Å²) in [5, 5.41) is 0. The van der Waals surface area contributed by atoms with Crippen LogP contribution in [-0.4, -0.2) is 13.2 Å².